The van der Waals surface area contributed by atoms with Crippen LogP contribution >= 0.6 is 22.6 Å². The lowest BCUT2D eigenvalue weighted by Crippen LogP contribution is -2.17. The number of anilines is 1. The molecular weight excluding hydrogens is 309 g/mol. The molecule has 1 aliphatic carbocycles. The summed E-state index contributed by atoms with van der Waals surface area (Å²) in [5.41, 5.74) is 3.16. The highest BCUT2D eigenvalue weighted by Gasteiger charge is 2.30. The third-order valence-corrected chi connectivity index (χ3v) is 4.67. The van der Waals surface area contributed by atoms with Gasteiger partial charge in [0.15, 0.2) is 0 Å². The van der Waals surface area contributed by atoms with Crippen molar-refractivity contribution >= 4 is 28.3 Å². The molecule has 0 aromatic heterocycles. The Morgan fingerprint density at radius 2 is 2.12 bits per heavy atom. The summed E-state index contributed by atoms with van der Waals surface area (Å²) in [6.07, 6.45) is 3.93. The van der Waals surface area contributed by atoms with Crippen LogP contribution in [0.25, 0.3) is 0 Å². The molecular formula is C14H20IN. The van der Waals surface area contributed by atoms with Crippen molar-refractivity contribution in [1.29, 1.82) is 0 Å². The lowest BCUT2D eigenvalue weighted by Gasteiger charge is -2.19. The lowest BCUT2D eigenvalue weighted by molar-refractivity contribution is 0.378. The van der Waals surface area contributed by atoms with Crippen LogP contribution in [0.1, 0.15) is 38.7 Å². The number of rotatable bonds is 2. The van der Waals surface area contributed by atoms with Crippen molar-refractivity contribution in [3.05, 3.63) is 27.3 Å². The van der Waals surface area contributed by atoms with E-state index in [1.54, 1.807) is 0 Å². The van der Waals surface area contributed by atoms with Gasteiger partial charge in [0.05, 0.1) is 0 Å². The Balaban J connectivity index is 2.02. The van der Waals surface area contributed by atoms with Gasteiger partial charge in [-0.05, 0) is 71.9 Å². The maximum Gasteiger partial charge on any atom is 0.0353 e. The molecule has 1 aromatic carbocycles. The first-order valence-electron chi connectivity index (χ1n) is 5.99. The molecule has 0 aliphatic heterocycles. The Labute approximate surface area is 112 Å². The molecule has 1 nitrogen and oxygen atoms in total. The Hall–Kier alpha value is -0.250. The Bertz CT molecular complexity index is 384. The number of halogens is 1. The first kappa shape index (κ1) is 12.2. The molecule has 1 aromatic rings. The monoisotopic (exact) mass is 329 g/mol. The van der Waals surface area contributed by atoms with Gasteiger partial charge in [0, 0.05) is 15.3 Å². The van der Waals surface area contributed by atoms with E-state index in [1.165, 1.54) is 34.1 Å². The smallest absolute Gasteiger partial charge is 0.0353 e. The van der Waals surface area contributed by atoms with Gasteiger partial charge >= 0.3 is 0 Å². The minimum Gasteiger partial charge on any atom is -0.382 e. The first-order valence-corrected chi connectivity index (χ1v) is 7.07. The molecule has 2 heteroatoms. The SMILES string of the molecule is Cc1ccc(NC2CCC(C)(C)C2)cc1I. The summed E-state index contributed by atoms with van der Waals surface area (Å²) < 4.78 is 1.35. The second-order valence-corrected chi connectivity index (χ2v) is 6.87. The molecule has 0 spiro atoms. The van der Waals surface area contributed by atoms with Gasteiger partial charge in [-0.2, -0.15) is 0 Å². The van der Waals surface area contributed by atoms with Crippen LogP contribution in [0, 0.1) is 15.9 Å². The van der Waals surface area contributed by atoms with Crippen molar-refractivity contribution in [3.63, 3.8) is 0 Å². The molecule has 16 heavy (non-hydrogen) atoms. The minimum absolute atomic E-state index is 0.523. The second-order valence-electron chi connectivity index (χ2n) is 5.71. The van der Waals surface area contributed by atoms with E-state index in [0.717, 1.165) is 0 Å². The summed E-state index contributed by atoms with van der Waals surface area (Å²) in [7, 11) is 0. The molecule has 0 saturated heterocycles. The third-order valence-electron chi connectivity index (χ3n) is 3.51. The zero-order valence-electron chi connectivity index (χ0n) is 10.3. The Morgan fingerprint density at radius 3 is 2.69 bits per heavy atom. The summed E-state index contributed by atoms with van der Waals surface area (Å²) in [5, 5.41) is 3.66. The van der Waals surface area contributed by atoms with Gasteiger partial charge in [-0.3, -0.25) is 0 Å². The predicted octanol–water partition coefficient (Wildman–Crippen LogP) is 4.59. The van der Waals surface area contributed by atoms with E-state index in [-0.39, 0.29) is 0 Å². The molecule has 1 aliphatic rings. The quantitative estimate of drug-likeness (QED) is 0.783. The van der Waals surface area contributed by atoms with E-state index < -0.39 is 0 Å². The zero-order chi connectivity index (χ0) is 11.8. The average molecular weight is 329 g/mol. The fourth-order valence-corrected chi connectivity index (χ4v) is 2.99. The minimum atomic E-state index is 0.523. The third kappa shape index (κ3) is 2.90. The zero-order valence-corrected chi connectivity index (χ0v) is 12.5. The Kier molecular flexibility index (Phi) is 3.48. The van der Waals surface area contributed by atoms with Crippen molar-refractivity contribution in [2.45, 2.75) is 46.1 Å². The molecule has 0 heterocycles. The fourth-order valence-electron chi connectivity index (χ4n) is 2.48. The van der Waals surface area contributed by atoms with Crippen LogP contribution in [0.2, 0.25) is 0 Å². The van der Waals surface area contributed by atoms with Gasteiger partial charge in [0.1, 0.15) is 0 Å². The molecule has 1 N–H and O–H groups in total. The number of hydrogen-bond acceptors (Lipinski definition) is 1. The molecule has 1 unspecified atom stereocenters. The van der Waals surface area contributed by atoms with E-state index in [9.17, 15) is 0 Å². The second kappa shape index (κ2) is 4.55. The van der Waals surface area contributed by atoms with Gasteiger partial charge in [-0.1, -0.05) is 19.9 Å². The highest BCUT2D eigenvalue weighted by molar-refractivity contribution is 14.1. The van der Waals surface area contributed by atoms with E-state index in [0.29, 0.717) is 11.5 Å². The molecule has 88 valence electrons. The highest BCUT2D eigenvalue weighted by Crippen LogP contribution is 2.38. The standard InChI is InChI=1S/C14H20IN/c1-10-4-5-11(8-13(10)15)16-12-6-7-14(2,3)9-12/h4-5,8,12,16H,6-7,9H2,1-3H3. The molecule has 2 rings (SSSR count). The molecule has 1 atom stereocenters. The molecule has 0 bridgehead atoms. The summed E-state index contributed by atoms with van der Waals surface area (Å²) >= 11 is 2.40. The molecule has 0 amide bonds. The van der Waals surface area contributed by atoms with Crippen LogP contribution < -0.4 is 5.32 Å². The van der Waals surface area contributed by atoms with E-state index in [4.69, 9.17) is 0 Å². The van der Waals surface area contributed by atoms with Crippen molar-refractivity contribution < 1.29 is 0 Å². The molecule has 1 saturated carbocycles. The van der Waals surface area contributed by atoms with Gasteiger partial charge in [-0.15, -0.1) is 0 Å². The van der Waals surface area contributed by atoms with Crippen LogP contribution in [-0.4, -0.2) is 6.04 Å². The lowest BCUT2D eigenvalue weighted by atomic mass is 9.92. The van der Waals surface area contributed by atoms with Crippen LogP contribution in [0.5, 0.6) is 0 Å². The van der Waals surface area contributed by atoms with Crippen LogP contribution in [0.4, 0.5) is 5.69 Å². The van der Waals surface area contributed by atoms with Gasteiger partial charge < -0.3 is 5.32 Å². The van der Waals surface area contributed by atoms with Crippen LogP contribution in [0.3, 0.4) is 0 Å². The van der Waals surface area contributed by atoms with Crippen molar-refractivity contribution in [3.8, 4) is 0 Å². The van der Waals surface area contributed by atoms with E-state index in [1.807, 2.05) is 0 Å². The van der Waals surface area contributed by atoms with Crippen LogP contribution in [0.15, 0.2) is 18.2 Å². The molecule has 1 fully saturated rings. The van der Waals surface area contributed by atoms with E-state index >= 15 is 0 Å². The fraction of sp³-hybridized carbons (Fsp3) is 0.571. The van der Waals surface area contributed by atoms with Crippen molar-refractivity contribution in [1.82, 2.24) is 0 Å². The van der Waals surface area contributed by atoms with Gasteiger partial charge in [-0.25, -0.2) is 0 Å². The van der Waals surface area contributed by atoms with E-state index in [2.05, 4.69) is 66.9 Å². The number of benzene rings is 1. The maximum absolute atomic E-state index is 3.66. The highest BCUT2D eigenvalue weighted by atomic mass is 127. The largest absolute Gasteiger partial charge is 0.382 e. The average Bonchev–Trinajstić information content (AvgIpc) is 2.52. The van der Waals surface area contributed by atoms with Gasteiger partial charge in [0.2, 0.25) is 0 Å². The number of aryl methyl sites for hydroxylation is 1. The summed E-state index contributed by atoms with van der Waals surface area (Å²) in [5.74, 6) is 0. The normalized spacial score (nSPS) is 23.4. The van der Waals surface area contributed by atoms with Crippen LogP contribution in [-0.2, 0) is 0 Å². The number of hydrogen-bond donors (Lipinski definition) is 1. The van der Waals surface area contributed by atoms with Crippen molar-refractivity contribution in [2.75, 3.05) is 5.32 Å². The Morgan fingerprint density at radius 1 is 1.38 bits per heavy atom. The first-order chi connectivity index (χ1) is 7.46. The number of nitrogens with one attached hydrogen (secondary N) is 1. The predicted molar refractivity (Wildman–Crippen MR) is 78.9 cm³/mol. The summed E-state index contributed by atoms with van der Waals surface area (Å²) in [6.45, 7) is 6.89. The van der Waals surface area contributed by atoms with Gasteiger partial charge in [0.25, 0.3) is 0 Å². The summed E-state index contributed by atoms with van der Waals surface area (Å²) in [6, 6.07) is 7.31. The van der Waals surface area contributed by atoms with Crippen molar-refractivity contribution in [2.24, 2.45) is 5.41 Å². The summed E-state index contributed by atoms with van der Waals surface area (Å²) in [4.78, 5) is 0. The maximum atomic E-state index is 3.66. The molecule has 0 radical (unpaired) electrons. The topological polar surface area (TPSA) is 12.0 Å².